The summed E-state index contributed by atoms with van der Waals surface area (Å²) in [6, 6.07) is 5.59. The van der Waals surface area contributed by atoms with E-state index in [1.54, 1.807) is 22.7 Å². The monoisotopic (exact) mass is 363 g/mol. The molecule has 1 amide bonds. The van der Waals surface area contributed by atoms with Crippen molar-refractivity contribution in [2.75, 3.05) is 25.2 Å². The van der Waals surface area contributed by atoms with Crippen LogP contribution in [0.3, 0.4) is 0 Å². The number of unbranched alkanes of at least 4 members (excludes halogenated alkanes) is 2. The van der Waals surface area contributed by atoms with E-state index >= 15 is 0 Å². The zero-order valence-corrected chi connectivity index (χ0v) is 14.4. The zero-order chi connectivity index (χ0) is 14.3. The predicted octanol–water partition coefficient (Wildman–Crippen LogP) is 4.70. The maximum Gasteiger partial charge on any atom is 0.255 e. The standard InChI is InChI=1S/C14H19BrClNOS/c1-17(9-5-3-4-8-15)14(18)12-10-11(19-2)6-7-13(12)16/h6-7,10H,3-5,8-9H2,1-2H3. The summed E-state index contributed by atoms with van der Waals surface area (Å²) in [5.41, 5.74) is 0.594. The topological polar surface area (TPSA) is 20.3 Å². The van der Waals surface area contributed by atoms with Gasteiger partial charge in [0, 0.05) is 23.8 Å². The van der Waals surface area contributed by atoms with Gasteiger partial charge in [-0.1, -0.05) is 34.0 Å². The van der Waals surface area contributed by atoms with Crippen molar-refractivity contribution in [3.63, 3.8) is 0 Å². The normalized spacial score (nSPS) is 10.5. The average molecular weight is 365 g/mol. The van der Waals surface area contributed by atoms with Crippen molar-refractivity contribution in [2.24, 2.45) is 0 Å². The van der Waals surface area contributed by atoms with Gasteiger partial charge < -0.3 is 4.90 Å². The Balaban J connectivity index is 2.65. The molecule has 0 aliphatic carbocycles. The van der Waals surface area contributed by atoms with Gasteiger partial charge in [0.05, 0.1) is 10.6 Å². The van der Waals surface area contributed by atoms with Crippen LogP contribution in [-0.4, -0.2) is 36.0 Å². The maximum absolute atomic E-state index is 12.3. The maximum atomic E-state index is 12.3. The number of hydrogen-bond donors (Lipinski definition) is 0. The van der Waals surface area contributed by atoms with Crippen LogP contribution in [0.15, 0.2) is 23.1 Å². The number of hydrogen-bond acceptors (Lipinski definition) is 2. The number of amides is 1. The summed E-state index contributed by atoms with van der Waals surface area (Å²) in [6.07, 6.45) is 5.28. The van der Waals surface area contributed by atoms with Crippen molar-refractivity contribution in [3.8, 4) is 0 Å². The smallest absolute Gasteiger partial charge is 0.255 e. The molecular weight excluding hydrogens is 346 g/mol. The predicted molar refractivity (Wildman–Crippen MR) is 87.8 cm³/mol. The summed E-state index contributed by atoms with van der Waals surface area (Å²) in [4.78, 5) is 15.1. The Bertz CT molecular complexity index is 428. The summed E-state index contributed by atoms with van der Waals surface area (Å²) < 4.78 is 0. The van der Waals surface area contributed by atoms with Crippen molar-refractivity contribution in [2.45, 2.75) is 24.2 Å². The molecule has 0 saturated heterocycles. The number of alkyl halides is 1. The SMILES string of the molecule is CSc1ccc(Cl)c(C(=O)N(C)CCCCCBr)c1. The van der Waals surface area contributed by atoms with Crippen molar-refractivity contribution in [1.29, 1.82) is 0 Å². The Labute approximate surface area is 133 Å². The molecule has 0 aromatic heterocycles. The minimum atomic E-state index is -0.000239. The van der Waals surface area contributed by atoms with Gasteiger partial charge in [-0.15, -0.1) is 11.8 Å². The van der Waals surface area contributed by atoms with Gasteiger partial charge >= 0.3 is 0 Å². The molecule has 0 aliphatic rings. The van der Waals surface area contributed by atoms with Crippen LogP contribution in [0.4, 0.5) is 0 Å². The highest BCUT2D eigenvalue weighted by Gasteiger charge is 2.15. The van der Waals surface area contributed by atoms with Crippen LogP contribution >= 0.6 is 39.3 Å². The van der Waals surface area contributed by atoms with Gasteiger partial charge in [0.2, 0.25) is 0 Å². The minimum Gasteiger partial charge on any atom is -0.342 e. The summed E-state index contributed by atoms with van der Waals surface area (Å²) in [5, 5.41) is 1.54. The van der Waals surface area contributed by atoms with E-state index in [0.717, 1.165) is 36.0 Å². The van der Waals surface area contributed by atoms with Gasteiger partial charge in [-0.25, -0.2) is 0 Å². The lowest BCUT2D eigenvalue weighted by atomic mass is 10.2. The lowest BCUT2D eigenvalue weighted by Crippen LogP contribution is -2.28. The molecule has 0 N–H and O–H groups in total. The number of benzene rings is 1. The number of carbonyl (C=O) groups excluding carboxylic acids is 1. The quantitative estimate of drug-likeness (QED) is 0.397. The van der Waals surface area contributed by atoms with Gasteiger partial charge in [0.1, 0.15) is 0 Å². The molecular formula is C14H19BrClNOS. The summed E-state index contributed by atoms with van der Waals surface area (Å²) in [5.74, 6) is -0.000239. The van der Waals surface area contributed by atoms with Gasteiger partial charge in [-0.2, -0.15) is 0 Å². The molecule has 0 atom stereocenters. The second-order valence-corrected chi connectivity index (χ2v) is 6.40. The lowest BCUT2D eigenvalue weighted by Gasteiger charge is -2.18. The van der Waals surface area contributed by atoms with Gasteiger partial charge in [0.15, 0.2) is 0 Å². The Morgan fingerprint density at radius 3 is 2.74 bits per heavy atom. The van der Waals surface area contributed by atoms with Gasteiger partial charge in [-0.05, 0) is 37.3 Å². The number of thioether (sulfide) groups is 1. The van der Waals surface area contributed by atoms with Crippen molar-refractivity contribution < 1.29 is 4.79 Å². The van der Waals surface area contributed by atoms with Crippen molar-refractivity contribution in [3.05, 3.63) is 28.8 Å². The molecule has 0 bridgehead atoms. The molecule has 0 heterocycles. The summed E-state index contributed by atoms with van der Waals surface area (Å²) >= 11 is 11.1. The van der Waals surface area contributed by atoms with E-state index in [2.05, 4.69) is 15.9 Å². The number of nitrogens with zero attached hydrogens (tertiary/aromatic N) is 1. The Kier molecular flexibility index (Phi) is 7.88. The fraction of sp³-hybridized carbons (Fsp3) is 0.500. The molecule has 2 nitrogen and oxygen atoms in total. The fourth-order valence-corrected chi connectivity index (χ4v) is 2.76. The molecule has 19 heavy (non-hydrogen) atoms. The lowest BCUT2D eigenvalue weighted by molar-refractivity contribution is 0.0792. The number of halogens is 2. The zero-order valence-electron chi connectivity index (χ0n) is 11.3. The molecule has 0 fully saturated rings. The molecule has 5 heteroatoms. The Morgan fingerprint density at radius 1 is 1.37 bits per heavy atom. The first-order valence-electron chi connectivity index (χ1n) is 6.25. The van der Waals surface area contributed by atoms with Crippen LogP contribution in [0.2, 0.25) is 5.02 Å². The highest BCUT2D eigenvalue weighted by atomic mass is 79.9. The Morgan fingerprint density at radius 2 is 2.11 bits per heavy atom. The summed E-state index contributed by atoms with van der Waals surface area (Å²) in [6.45, 7) is 0.770. The third kappa shape index (κ3) is 5.36. The van der Waals surface area contributed by atoms with E-state index in [1.165, 1.54) is 0 Å². The van der Waals surface area contributed by atoms with Gasteiger partial charge in [0.25, 0.3) is 5.91 Å². The molecule has 1 aromatic rings. The first kappa shape index (κ1) is 16.9. The van der Waals surface area contributed by atoms with Crippen LogP contribution in [0.1, 0.15) is 29.6 Å². The second kappa shape index (κ2) is 8.88. The molecule has 0 saturated carbocycles. The van der Waals surface area contributed by atoms with E-state index in [9.17, 15) is 4.79 Å². The fourth-order valence-electron chi connectivity index (χ4n) is 1.72. The van der Waals surface area contributed by atoms with Crippen LogP contribution in [-0.2, 0) is 0 Å². The Hall–Kier alpha value is -0.190. The average Bonchev–Trinajstić information content (AvgIpc) is 2.43. The molecule has 106 valence electrons. The number of rotatable bonds is 7. The highest BCUT2D eigenvalue weighted by Crippen LogP contribution is 2.24. The van der Waals surface area contributed by atoms with E-state index in [-0.39, 0.29) is 5.91 Å². The van der Waals surface area contributed by atoms with Crippen LogP contribution in [0.5, 0.6) is 0 Å². The van der Waals surface area contributed by atoms with Crippen LogP contribution < -0.4 is 0 Å². The van der Waals surface area contributed by atoms with E-state index in [0.29, 0.717) is 10.6 Å². The molecule has 0 aliphatic heterocycles. The third-order valence-corrected chi connectivity index (χ3v) is 4.49. The molecule has 0 spiro atoms. The van der Waals surface area contributed by atoms with Crippen LogP contribution in [0.25, 0.3) is 0 Å². The largest absolute Gasteiger partial charge is 0.342 e. The third-order valence-electron chi connectivity index (χ3n) is 2.88. The van der Waals surface area contributed by atoms with E-state index in [4.69, 9.17) is 11.6 Å². The molecule has 0 radical (unpaired) electrons. The molecule has 1 aromatic carbocycles. The highest BCUT2D eigenvalue weighted by molar-refractivity contribution is 9.09. The minimum absolute atomic E-state index is 0.000239. The first-order chi connectivity index (χ1) is 9.10. The molecule has 0 unspecified atom stereocenters. The number of carbonyl (C=O) groups is 1. The second-order valence-electron chi connectivity index (χ2n) is 4.32. The summed E-state index contributed by atoms with van der Waals surface area (Å²) in [7, 11) is 1.83. The van der Waals surface area contributed by atoms with E-state index < -0.39 is 0 Å². The van der Waals surface area contributed by atoms with Gasteiger partial charge in [-0.3, -0.25) is 4.79 Å². The first-order valence-corrected chi connectivity index (χ1v) is 8.97. The van der Waals surface area contributed by atoms with Crippen LogP contribution in [0, 0.1) is 0 Å². The van der Waals surface area contributed by atoms with Crippen molar-refractivity contribution >= 4 is 45.2 Å². The van der Waals surface area contributed by atoms with E-state index in [1.807, 2.05) is 25.4 Å². The molecule has 1 rings (SSSR count). The van der Waals surface area contributed by atoms with Crippen molar-refractivity contribution in [1.82, 2.24) is 4.90 Å².